The van der Waals surface area contributed by atoms with Gasteiger partial charge in [0.2, 0.25) is 0 Å². The van der Waals surface area contributed by atoms with Crippen LogP contribution in [0.2, 0.25) is 0 Å². The Morgan fingerprint density at radius 1 is 1.19 bits per heavy atom. The molecule has 16 heavy (non-hydrogen) atoms. The van der Waals surface area contributed by atoms with Crippen molar-refractivity contribution in [2.45, 2.75) is 17.6 Å². The second kappa shape index (κ2) is 5.03. The zero-order chi connectivity index (χ0) is 11.4. The Bertz CT molecular complexity index is 469. The van der Waals surface area contributed by atoms with Crippen molar-refractivity contribution in [1.29, 1.82) is 0 Å². The summed E-state index contributed by atoms with van der Waals surface area (Å²) in [5.74, 6) is 0.926. The van der Waals surface area contributed by atoms with Crippen LogP contribution in [0.4, 0.5) is 5.69 Å². The lowest BCUT2D eigenvalue weighted by Gasteiger charge is -2.06. The SMILES string of the molecule is Cc1ccc(SCc2ccncc2)c(N)c1. The zero-order valence-electron chi connectivity index (χ0n) is 9.18. The highest BCUT2D eigenvalue weighted by Gasteiger charge is 2.00. The fraction of sp³-hybridized carbons (Fsp3) is 0.154. The summed E-state index contributed by atoms with van der Waals surface area (Å²) in [6.45, 7) is 2.05. The van der Waals surface area contributed by atoms with Crippen molar-refractivity contribution in [2.24, 2.45) is 0 Å². The van der Waals surface area contributed by atoms with E-state index < -0.39 is 0 Å². The molecule has 2 nitrogen and oxygen atoms in total. The summed E-state index contributed by atoms with van der Waals surface area (Å²) in [5, 5.41) is 0. The molecule has 0 amide bonds. The number of nitrogens with two attached hydrogens (primary N) is 1. The van der Waals surface area contributed by atoms with Gasteiger partial charge in [-0.3, -0.25) is 4.98 Å². The molecule has 0 spiro atoms. The Morgan fingerprint density at radius 3 is 2.62 bits per heavy atom. The van der Waals surface area contributed by atoms with E-state index in [1.54, 1.807) is 11.8 Å². The number of nitrogen functional groups attached to an aromatic ring is 1. The van der Waals surface area contributed by atoms with Crippen molar-refractivity contribution < 1.29 is 0 Å². The van der Waals surface area contributed by atoms with Crippen LogP contribution in [-0.4, -0.2) is 4.98 Å². The third-order valence-corrected chi connectivity index (χ3v) is 3.47. The molecule has 0 bridgehead atoms. The number of aryl methyl sites for hydroxylation is 1. The van der Waals surface area contributed by atoms with E-state index in [9.17, 15) is 0 Å². The Kier molecular flexibility index (Phi) is 3.47. The first-order chi connectivity index (χ1) is 7.75. The lowest BCUT2D eigenvalue weighted by molar-refractivity contribution is 1.27. The maximum absolute atomic E-state index is 5.95. The molecule has 1 aromatic carbocycles. The lowest BCUT2D eigenvalue weighted by Crippen LogP contribution is -1.90. The minimum Gasteiger partial charge on any atom is -0.398 e. The highest BCUT2D eigenvalue weighted by molar-refractivity contribution is 7.98. The molecule has 0 aliphatic rings. The Balaban J connectivity index is 2.05. The predicted octanol–water partition coefficient (Wildman–Crippen LogP) is 3.26. The van der Waals surface area contributed by atoms with Crippen LogP contribution in [0.3, 0.4) is 0 Å². The fourth-order valence-electron chi connectivity index (χ4n) is 1.44. The number of nitrogens with zero attached hydrogens (tertiary/aromatic N) is 1. The van der Waals surface area contributed by atoms with E-state index in [1.165, 1.54) is 11.1 Å². The molecular weight excluding hydrogens is 216 g/mol. The van der Waals surface area contributed by atoms with E-state index in [-0.39, 0.29) is 0 Å². The smallest absolute Gasteiger partial charge is 0.0454 e. The van der Waals surface area contributed by atoms with Gasteiger partial charge in [-0.05, 0) is 42.3 Å². The minimum absolute atomic E-state index is 0.860. The maximum Gasteiger partial charge on any atom is 0.0454 e. The van der Waals surface area contributed by atoms with Gasteiger partial charge in [-0.2, -0.15) is 0 Å². The number of aromatic nitrogens is 1. The largest absolute Gasteiger partial charge is 0.398 e. The van der Waals surface area contributed by atoms with Gasteiger partial charge in [0.25, 0.3) is 0 Å². The molecule has 0 aliphatic heterocycles. The van der Waals surface area contributed by atoms with Crippen molar-refractivity contribution in [3.63, 3.8) is 0 Å². The third kappa shape index (κ3) is 2.76. The van der Waals surface area contributed by atoms with Crippen LogP contribution in [0.5, 0.6) is 0 Å². The van der Waals surface area contributed by atoms with Gasteiger partial charge in [0.15, 0.2) is 0 Å². The molecule has 0 aliphatic carbocycles. The van der Waals surface area contributed by atoms with Crippen LogP contribution >= 0.6 is 11.8 Å². The summed E-state index contributed by atoms with van der Waals surface area (Å²) in [6, 6.07) is 10.2. The van der Waals surface area contributed by atoms with E-state index in [0.717, 1.165) is 16.3 Å². The molecule has 82 valence electrons. The molecule has 0 atom stereocenters. The summed E-state index contributed by atoms with van der Waals surface area (Å²) >= 11 is 1.76. The van der Waals surface area contributed by atoms with Crippen molar-refractivity contribution in [2.75, 3.05) is 5.73 Å². The predicted molar refractivity (Wildman–Crippen MR) is 69.4 cm³/mol. The molecule has 0 radical (unpaired) electrons. The number of rotatable bonds is 3. The second-order valence-corrected chi connectivity index (χ2v) is 4.70. The lowest BCUT2D eigenvalue weighted by atomic mass is 10.2. The van der Waals surface area contributed by atoms with E-state index >= 15 is 0 Å². The molecule has 0 fully saturated rings. The van der Waals surface area contributed by atoms with Crippen LogP contribution in [0.15, 0.2) is 47.6 Å². The quantitative estimate of drug-likeness (QED) is 0.649. The van der Waals surface area contributed by atoms with Crippen LogP contribution in [-0.2, 0) is 5.75 Å². The van der Waals surface area contributed by atoms with Crippen LogP contribution in [0, 0.1) is 6.92 Å². The maximum atomic E-state index is 5.95. The Hall–Kier alpha value is -1.48. The van der Waals surface area contributed by atoms with Crippen molar-refractivity contribution in [3.8, 4) is 0 Å². The standard InChI is InChI=1S/C13H14N2S/c1-10-2-3-13(12(14)8-10)16-9-11-4-6-15-7-5-11/h2-8H,9,14H2,1H3. The highest BCUT2D eigenvalue weighted by atomic mass is 32.2. The molecule has 3 heteroatoms. The number of hydrogen-bond donors (Lipinski definition) is 1. The average molecular weight is 230 g/mol. The van der Waals surface area contributed by atoms with Gasteiger partial charge in [0.05, 0.1) is 0 Å². The molecule has 0 saturated carbocycles. The van der Waals surface area contributed by atoms with Crippen LogP contribution in [0.1, 0.15) is 11.1 Å². The van der Waals surface area contributed by atoms with Gasteiger partial charge in [0.1, 0.15) is 0 Å². The van der Waals surface area contributed by atoms with Gasteiger partial charge in [-0.25, -0.2) is 0 Å². The molecule has 1 aromatic heterocycles. The molecule has 0 unspecified atom stereocenters. The second-order valence-electron chi connectivity index (χ2n) is 3.69. The molecule has 2 rings (SSSR count). The summed E-state index contributed by atoms with van der Waals surface area (Å²) < 4.78 is 0. The summed E-state index contributed by atoms with van der Waals surface area (Å²) in [6.07, 6.45) is 3.63. The van der Waals surface area contributed by atoms with Gasteiger partial charge >= 0.3 is 0 Å². The molecule has 2 N–H and O–H groups in total. The molecular formula is C13H14N2S. The zero-order valence-corrected chi connectivity index (χ0v) is 10.00. The monoisotopic (exact) mass is 230 g/mol. The fourth-order valence-corrected chi connectivity index (χ4v) is 2.34. The first-order valence-electron chi connectivity index (χ1n) is 5.13. The number of pyridine rings is 1. The number of benzene rings is 1. The topological polar surface area (TPSA) is 38.9 Å². The minimum atomic E-state index is 0.860. The molecule has 2 aromatic rings. The van der Waals surface area contributed by atoms with E-state index in [2.05, 4.69) is 17.1 Å². The third-order valence-electron chi connectivity index (χ3n) is 2.31. The normalized spacial score (nSPS) is 10.3. The van der Waals surface area contributed by atoms with E-state index in [1.807, 2.05) is 37.5 Å². The van der Waals surface area contributed by atoms with Gasteiger partial charge in [-0.15, -0.1) is 11.8 Å². The summed E-state index contributed by atoms with van der Waals surface area (Å²) in [7, 11) is 0. The number of thioether (sulfide) groups is 1. The van der Waals surface area contributed by atoms with Gasteiger partial charge < -0.3 is 5.73 Å². The molecule has 0 saturated heterocycles. The highest BCUT2D eigenvalue weighted by Crippen LogP contribution is 2.28. The van der Waals surface area contributed by atoms with Gasteiger partial charge in [0, 0.05) is 28.7 Å². The summed E-state index contributed by atoms with van der Waals surface area (Å²) in [5.41, 5.74) is 9.28. The Morgan fingerprint density at radius 2 is 1.94 bits per heavy atom. The first kappa shape index (κ1) is 11.0. The summed E-state index contributed by atoms with van der Waals surface area (Å²) in [4.78, 5) is 5.14. The van der Waals surface area contributed by atoms with E-state index in [0.29, 0.717) is 0 Å². The Labute approximate surface area is 99.9 Å². The van der Waals surface area contributed by atoms with Crippen LogP contribution in [0.25, 0.3) is 0 Å². The average Bonchev–Trinajstić information content (AvgIpc) is 2.29. The van der Waals surface area contributed by atoms with Crippen molar-refractivity contribution >= 4 is 17.4 Å². The number of hydrogen-bond acceptors (Lipinski definition) is 3. The molecule has 1 heterocycles. The first-order valence-corrected chi connectivity index (χ1v) is 6.12. The van der Waals surface area contributed by atoms with Crippen molar-refractivity contribution in [3.05, 3.63) is 53.9 Å². The van der Waals surface area contributed by atoms with Crippen molar-refractivity contribution in [1.82, 2.24) is 4.98 Å². The van der Waals surface area contributed by atoms with Gasteiger partial charge in [-0.1, -0.05) is 6.07 Å². The van der Waals surface area contributed by atoms with E-state index in [4.69, 9.17) is 5.73 Å². The van der Waals surface area contributed by atoms with Crippen LogP contribution < -0.4 is 5.73 Å². The number of anilines is 1.